The second-order valence-electron chi connectivity index (χ2n) is 13.1. The molecule has 0 radical (unpaired) electrons. The van der Waals surface area contributed by atoms with Crippen molar-refractivity contribution in [2.24, 2.45) is 0 Å². The van der Waals surface area contributed by atoms with Gasteiger partial charge in [-0.05, 0) is 66.3 Å². The molecule has 5 rings (SSSR count). The second-order valence-corrected chi connectivity index (χ2v) is 13.1. The van der Waals surface area contributed by atoms with Gasteiger partial charge < -0.3 is 35.2 Å². The number of anilines is 4. The molecule has 0 aliphatic carbocycles. The summed E-state index contributed by atoms with van der Waals surface area (Å²) < 4.78 is 11.1. The van der Waals surface area contributed by atoms with Crippen LogP contribution in [0.1, 0.15) is 67.4 Å². The number of methoxy groups -OCH3 is 1. The third-order valence-corrected chi connectivity index (χ3v) is 9.20. The Morgan fingerprint density at radius 1 is 0.792 bits per heavy atom. The van der Waals surface area contributed by atoms with Crippen LogP contribution in [0.4, 0.5) is 27.5 Å². The lowest BCUT2D eigenvalue weighted by Crippen LogP contribution is -2.47. The van der Waals surface area contributed by atoms with Crippen molar-refractivity contribution in [2.45, 2.75) is 46.0 Å². The van der Waals surface area contributed by atoms with Crippen LogP contribution >= 0.6 is 0 Å². The number of piperazine rings is 1. The number of amides is 3. The number of ether oxygens (including phenoxy) is 2. The van der Waals surface area contributed by atoms with Crippen LogP contribution in [-0.4, -0.2) is 89.5 Å². The molecule has 3 amide bonds. The standard InChI is InChI=1S/C38H52N6O4/c1-27(2)30-10-8-11-31(28(3)4)36(30)41-38(46)40-29-14-15-33(32(26-29)37(45)39-16-9-17-42-22-24-48-25-23-42)43-18-20-44(21-19-43)34-12-6-7-13-35(34)47-5/h6-8,10-15,26-28H,9,16-25H2,1-5H3,(H,39,45)(H2,40,41,46). The zero-order chi connectivity index (χ0) is 34.0. The van der Waals surface area contributed by atoms with Crippen molar-refractivity contribution in [1.29, 1.82) is 0 Å². The minimum absolute atomic E-state index is 0.143. The third-order valence-electron chi connectivity index (χ3n) is 9.20. The van der Waals surface area contributed by atoms with E-state index in [9.17, 15) is 9.59 Å². The van der Waals surface area contributed by atoms with Crippen LogP contribution in [0.15, 0.2) is 60.7 Å². The molecule has 0 unspecified atom stereocenters. The summed E-state index contributed by atoms with van der Waals surface area (Å²) >= 11 is 0. The van der Waals surface area contributed by atoms with Gasteiger partial charge in [0.2, 0.25) is 0 Å². The highest BCUT2D eigenvalue weighted by Gasteiger charge is 2.24. The predicted octanol–water partition coefficient (Wildman–Crippen LogP) is 6.36. The highest BCUT2D eigenvalue weighted by Crippen LogP contribution is 2.34. The normalized spacial score (nSPS) is 15.5. The van der Waals surface area contributed by atoms with E-state index in [-0.39, 0.29) is 23.8 Å². The number of urea groups is 1. The number of carbonyl (C=O) groups is 2. The number of hydrogen-bond acceptors (Lipinski definition) is 7. The Morgan fingerprint density at radius 2 is 1.44 bits per heavy atom. The molecule has 3 aromatic carbocycles. The molecular weight excluding hydrogens is 604 g/mol. The Bertz CT molecular complexity index is 1500. The number of morpholine rings is 1. The highest BCUT2D eigenvalue weighted by atomic mass is 16.5. The first-order valence-electron chi connectivity index (χ1n) is 17.3. The number of rotatable bonds is 12. The Labute approximate surface area is 285 Å². The van der Waals surface area contributed by atoms with Gasteiger partial charge in [-0.1, -0.05) is 58.0 Å². The summed E-state index contributed by atoms with van der Waals surface area (Å²) in [7, 11) is 1.70. The first-order valence-corrected chi connectivity index (χ1v) is 17.3. The van der Waals surface area contributed by atoms with Crippen LogP contribution in [-0.2, 0) is 4.74 Å². The summed E-state index contributed by atoms with van der Waals surface area (Å²) in [5.74, 6) is 1.21. The van der Waals surface area contributed by atoms with Gasteiger partial charge in [0.1, 0.15) is 5.75 Å². The van der Waals surface area contributed by atoms with Gasteiger partial charge in [0, 0.05) is 62.9 Å². The number of para-hydroxylation sites is 3. The summed E-state index contributed by atoms with van der Waals surface area (Å²) in [6.07, 6.45) is 0.854. The summed E-state index contributed by atoms with van der Waals surface area (Å²) in [5.41, 5.74) is 6.09. The van der Waals surface area contributed by atoms with Crippen molar-refractivity contribution in [1.82, 2.24) is 10.2 Å². The summed E-state index contributed by atoms with van der Waals surface area (Å²) in [6.45, 7) is 16.4. The van der Waals surface area contributed by atoms with Crippen LogP contribution in [0, 0.1) is 0 Å². The first kappa shape index (κ1) is 35.0. The van der Waals surface area contributed by atoms with E-state index in [1.54, 1.807) is 13.2 Å². The van der Waals surface area contributed by atoms with E-state index in [1.165, 1.54) is 0 Å². The fraction of sp³-hybridized carbons (Fsp3) is 0.474. The SMILES string of the molecule is COc1ccccc1N1CCN(c2ccc(NC(=O)Nc3c(C(C)C)cccc3C(C)C)cc2C(=O)NCCCN2CCOCC2)CC1. The van der Waals surface area contributed by atoms with Gasteiger partial charge in [-0.25, -0.2) is 4.79 Å². The molecule has 3 N–H and O–H groups in total. The molecule has 2 saturated heterocycles. The quantitative estimate of drug-likeness (QED) is 0.195. The number of nitrogens with one attached hydrogen (secondary N) is 3. The lowest BCUT2D eigenvalue weighted by Gasteiger charge is -2.38. The van der Waals surface area contributed by atoms with E-state index in [0.717, 1.165) is 99.4 Å². The van der Waals surface area contributed by atoms with Gasteiger partial charge in [0.25, 0.3) is 5.91 Å². The molecular formula is C38H52N6O4. The second kappa shape index (κ2) is 16.7. The van der Waals surface area contributed by atoms with Crippen LogP contribution in [0.2, 0.25) is 0 Å². The van der Waals surface area contributed by atoms with E-state index in [1.807, 2.05) is 30.3 Å². The predicted molar refractivity (Wildman–Crippen MR) is 195 cm³/mol. The lowest BCUT2D eigenvalue weighted by atomic mass is 9.93. The number of benzene rings is 3. The van der Waals surface area contributed by atoms with Crippen LogP contribution in [0.3, 0.4) is 0 Å². The smallest absolute Gasteiger partial charge is 0.323 e. The van der Waals surface area contributed by atoms with Crippen molar-refractivity contribution < 1.29 is 19.1 Å². The molecule has 0 spiro atoms. The molecule has 3 aromatic rings. The topological polar surface area (TPSA) is 98.4 Å². The molecule has 0 bridgehead atoms. The maximum atomic E-state index is 13.8. The number of carbonyl (C=O) groups excluding carboxylic acids is 2. The Hall–Kier alpha value is -4.28. The van der Waals surface area contributed by atoms with Gasteiger partial charge in [-0.2, -0.15) is 0 Å². The molecule has 258 valence electrons. The molecule has 0 saturated carbocycles. The third kappa shape index (κ3) is 8.79. The lowest BCUT2D eigenvalue weighted by molar-refractivity contribution is 0.0374. The highest BCUT2D eigenvalue weighted by molar-refractivity contribution is 6.04. The molecule has 10 nitrogen and oxygen atoms in total. The van der Waals surface area contributed by atoms with Gasteiger partial charge in [0.15, 0.2) is 0 Å². The minimum Gasteiger partial charge on any atom is -0.495 e. The molecule has 2 aliphatic heterocycles. The zero-order valence-corrected chi connectivity index (χ0v) is 29.2. The molecule has 48 heavy (non-hydrogen) atoms. The maximum absolute atomic E-state index is 13.8. The molecule has 2 fully saturated rings. The average Bonchev–Trinajstić information content (AvgIpc) is 3.10. The molecule has 0 aromatic heterocycles. The molecule has 0 atom stereocenters. The van der Waals surface area contributed by atoms with E-state index in [4.69, 9.17) is 9.47 Å². The first-order chi connectivity index (χ1) is 23.2. The Morgan fingerprint density at radius 3 is 2.08 bits per heavy atom. The van der Waals surface area contributed by atoms with Crippen LogP contribution in [0.5, 0.6) is 5.75 Å². The van der Waals surface area contributed by atoms with Gasteiger partial charge in [-0.3, -0.25) is 9.69 Å². The van der Waals surface area contributed by atoms with Crippen molar-refractivity contribution in [3.63, 3.8) is 0 Å². The summed E-state index contributed by atoms with van der Waals surface area (Å²) in [6, 6.07) is 19.6. The van der Waals surface area contributed by atoms with Gasteiger partial charge in [-0.15, -0.1) is 0 Å². The molecule has 10 heteroatoms. The van der Waals surface area contributed by atoms with Gasteiger partial charge >= 0.3 is 6.03 Å². The maximum Gasteiger partial charge on any atom is 0.323 e. The molecule has 2 aliphatic rings. The minimum atomic E-state index is -0.333. The van der Waals surface area contributed by atoms with Crippen LogP contribution < -0.4 is 30.5 Å². The monoisotopic (exact) mass is 656 g/mol. The van der Waals surface area contributed by atoms with Crippen molar-refractivity contribution >= 4 is 34.7 Å². The van der Waals surface area contributed by atoms with E-state index in [0.29, 0.717) is 17.8 Å². The largest absolute Gasteiger partial charge is 0.495 e. The zero-order valence-electron chi connectivity index (χ0n) is 29.2. The average molecular weight is 657 g/mol. The summed E-state index contributed by atoms with van der Waals surface area (Å²) in [4.78, 5) is 34.1. The fourth-order valence-electron chi connectivity index (χ4n) is 6.55. The molecule has 2 heterocycles. The summed E-state index contributed by atoms with van der Waals surface area (Å²) in [5, 5.41) is 9.29. The Balaban J connectivity index is 1.32. The number of hydrogen-bond donors (Lipinski definition) is 3. The van der Waals surface area contributed by atoms with Crippen molar-refractivity contribution in [3.8, 4) is 5.75 Å². The van der Waals surface area contributed by atoms with E-state index in [2.05, 4.69) is 82.6 Å². The van der Waals surface area contributed by atoms with E-state index >= 15 is 0 Å². The fourth-order valence-corrected chi connectivity index (χ4v) is 6.55. The van der Waals surface area contributed by atoms with Crippen molar-refractivity contribution in [2.75, 3.05) is 93.1 Å². The van der Waals surface area contributed by atoms with Crippen LogP contribution in [0.25, 0.3) is 0 Å². The Kier molecular flexibility index (Phi) is 12.2. The van der Waals surface area contributed by atoms with Gasteiger partial charge in [0.05, 0.1) is 31.6 Å². The van der Waals surface area contributed by atoms with E-state index < -0.39 is 0 Å². The number of nitrogens with zero attached hydrogens (tertiary/aromatic N) is 3. The van der Waals surface area contributed by atoms with Crippen molar-refractivity contribution in [3.05, 3.63) is 77.4 Å².